The summed E-state index contributed by atoms with van der Waals surface area (Å²) >= 11 is 0. The number of rotatable bonds is 8. The second kappa shape index (κ2) is 11.5. The first-order valence-electron chi connectivity index (χ1n) is 10.8. The minimum atomic E-state index is -1.51. The van der Waals surface area contributed by atoms with Gasteiger partial charge in [-0.3, -0.25) is 14.7 Å². The number of nitrogens with one attached hydrogen (secondary N) is 1. The van der Waals surface area contributed by atoms with Crippen molar-refractivity contribution in [3.8, 4) is 0 Å². The standard InChI is InChI=1S/C24H21F4N3O6/c1-3-36-23(34)16(22(33)15-7-18(26)19(27)8-17(15)25)10-30-21-5-4-13(6-20(21)28)31-11-14(37-24(31)35)9-29-12(2)32/h4-8,10,14,33H,3,9,11H2,1-2H3,(H,29,32). The number of ether oxygens (including phenoxy) is 2. The summed E-state index contributed by atoms with van der Waals surface area (Å²) in [5, 5.41) is 12.9. The Labute approximate surface area is 208 Å². The molecule has 0 aliphatic carbocycles. The normalized spacial score (nSPS) is 16.0. The number of aliphatic imine (C=N–C) groups is 1. The van der Waals surface area contributed by atoms with Gasteiger partial charge in [-0.25, -0.2) is 27.2 Å². The summed E-state index contributed by atoms with van der Waals surface area (Å²) < 4.78 is 65.7. The Bertz CT molecular complexity index is 1300. The Balaban J connectivity index is 1.89. The first-order chi connectivity index (χ1) is 17.5. The number of hydrogen-bond acceptors (Lipinski definition) is 7. The maximum atomic E-state index is 14.8. The monoisotopic (exact) mass is 523 g/mol. The van der Waals surface area contributed by atoms with E-state index in [0.29, 0.717) is 12.3 Å². The number of anilines is 1. The average Bonchev–Trinajstić information content (AvgIpc) is 3.21. The van der Waals surface area contributed by atoms with Crippen LogP contribution in [0.15, 0.2) is 40.9 Å². The first kappa shape index (κ1) is 27.2. The number of halogens is 4. The zero-order chi connectivity index (χ0) is 27.3. The molecule has 0 radical (unpaired) electrons. The molecule has 3 rings (SSSR count). The SMILES string of the molecule is CCOC(=O)C(C=Nc1ccc(N2CC(CNC(C)=O)OC2=O)cc1F)=C(O)c1cc(F)c(F)cc1F. The van der Waals surface area contributed by atoms with Gasteiger partial charge in [-0.05, 0) is 31.2 Å². The van der Waals surface area contributed by atoms with Gasteiger partial charge in [0.05, 0.1) is 36.6 Å². The van der Waals surface area contributed by atoms with Crippen LogP contribution in [-0.4, -0.2) is 55.1 Å². The molecule has 0 aromatic heterocycles. The summed E-state index contributed by atoms with van der Waals surface area (Å²) in [5.74, 6) is -7.90. The molecule has 2 aromatic carbocycles. The van der Waals surface area contributed by atoms with E-state index in [1.54, 1.807) is 0 Å². The van der Waals surface area contributed by atoms with Gasteiger partial charge < -0.3 is 19.9 Å². The topological polar surface area (TPSA) is 118 Å². The molecule has 2 aromatic rings. The summed E-state index contributed by atoms with van der Waals surface area (Å²) in [6, 6.07) is 3.99. The third kappa shape index (κ3) is 6.42. The van der Waals surface area contributed by atoms with Gasteiger partial charge in [-0.1, -0.05) is 0 Å². The number of carbonyl (C=O) groups excluding carboxylic acids is 3. The number of cyclic esters (lactones) is 1. The molecule has 196 valence electrons. The number of aliphatic hydroxyl groups is 1. The predicted octanol–water partition coefficient (Wildman–Crippen LogP) is 3.94. The smallest absolute Gasteiger partial charge is 0.414 e. The van der Waals surface area contributed by atoms with Crippen molar-refractivity contribution in [3.05, 3.63) is 64.7 Å². The number of benzene rings is 2. The molecule has 0 spiro atoms. The summed E-state index contributed by atoms with van der Waals surface area (Å²) in [5.41, 5.74) is -1.81. The molecule has 1 saturated heterocycles. The van der Waals surface area contributed by atoms with E-state index in [1.807, 2.05) is 0 Å². The highest BCUT2D eigenvalue weighted by Gasteiger charge is 2.32. The van der Waals surface area contributed by atoms with Crippen molar-refractivity contribution in [1.29, 1.82) is 0 Å². The van der Waals surface area contributed by atoms with E-state index in [9.17, 15) is 37.1 Å². The van der Waals surface area contributed by atoms with Gasteiger partial charge >= 0.3 is 12.1 Å². The minimum Gasteiger partial charge on any atom is -0.506 e. The summed E-state index contributed by atoms with van der Waals surface area (Å²) in [6.45, 7) is 2.73. The van der Waals surface area contributed by atoms with Crippen LogP contribution in [0, 0.1) is 23.3 Å². The molecule has 1 aliphatic rings. The molecule has 1 heterocycles. The maximum absolute atomic E-state index is 14.8. The third-order valence-electron chi connectivity index (χ3n) is 5.04. The van der Waals surface area contributed by atoms with Crippen LogP contribution >= 0.6 is 0 Å². The molecule has 0 bridgehead atoms. The van der Waals surface area contributed by atoms with Crippen molar-refractivity contribution >= 4 is 41.3 Å². The average molecular weight is 523 g/mol. The highest BCUT2D eigenvalue weighted by Crippen LogP contribution is 2.28. The third-order valence-corrected chi connectivity index (χ3v) is 5.04. The molecular weight excluding hydrogens is 502 g/mol. The Morgan fingerprint density at radius 1 is 1.16 bits per heavy atom. The molecule has 13 heteroatoms. The number of nitrogens with zero attached hydrogens (tertiary/aromatic N) is 2. The van der Waals surface area contributed by atoms with Gasteiger partial charge in [0, 0.05) is 19.2 Å². The van der Waals surface area contributed by atoms with E-state index in [4.69, 9.17) is 9.47 Å². The Hall–Kier alpha value is -4.42. The zero-order valence-corrected chi connectivity index (χ0v) is 19.6. The van der Waals surface area contributed by atoms with Crippen LogP contribution in [0.3, 0.4) is 0 Å². The van der Waals surface area contributed by atoms with Crippen LogP contribution in [0.2, 0.25) is 0 Å². The largest absolute Gasteiger partial charge is 0.506 e. The quantitative estimate of drug-likeness (QED) is 0.135. The number of esters is 1. The molecular formula is C24H21F4N3O6. The van der Waals surface area contributed by atoms with Gasteiger partial charge in [0.25, 0.3) is 0 Å². The Morgan fingerprint density at radius 3 is 2.51 bits per heavy atom. The van der Waals surface area contributed by atoms with Crippen LogP contribution in [0.1, 0.15) is 19.4 Å². The molecule has 9 nitrogen and oxygen atoms in total. The molecule has 1 unspecified atom stereocenters. The van der Waals surface area contributed by atoms with Gasteiger partial charge in [0.1, 0.15) is 23.3 Å². The van der Waals surface area contributed by atoms with E-state index in [1.165, 1.54) is 19.9 Å². The van der Waals surface area contributed by atoms with Crippen LogP contribution in [0.5, 0.6) is 0 Å². The first-order valence-corrected chi connectivity index (χ1v) is 10.8. The van der Waals surface area contributed by atoms with Crippen molar-refractivity contribution in [3.63, 3.8) is 0 Å². The van der Waals surface area contributed by atoms with Crippen molar-refractivity contribution in [2.45, 2.75) is 20.0 Å². The predicted molar refractivity (Wildman–Crippen MR) is 123 cm³/mol. The van der Waals surface area contributed by atoms with Gasteiger partial charge in [-0.15, -0.1) is 0 Å². The number of amides is 2. The van der Waals surface area contributed by atoms with Crippen LogP contribution in [0.4, 0.5) is 33.7 Å². The van der Waals surface area contributed by atoms with Crippen LogP contribution < -0.4 is 10.2 Å². The van der Waals surface area contributed by atoms with Crippen molar-refractivity contribution in [2.24, 2.45) is 4.99 Å². The highest BCUT2D eigenvalue weighted by atomic mass is 19.2. The molecule has 1 fully saturated rings. The lowest BCUT2D eigenvalue weighted by molar-refractivity contribution is -0.137. The zero-order valence-electron chi connectivity index (χ0n) is 19.6. The molecule has 1 atom stereocenters. The summed E-state index contributed by atoms with van der Waals surface area (Å²) in [7, 11) is 0. The highest BCUT2D eigenvalue weighted by molar-refractivity contribution is 6.15. The van der Waals surface area contributed by atoms with Gasteiger partial charge in [0.15, 0.2) is 17.5 Å². The molecule has 1 aliphatic heterocycles. The minimum absolute atomic E-state index is 0.0462. The fourth-order valence-electron chi connectivity index (χ4n) is 3.27. The van der Waals surface area contributed by atoms with E-state index in [0.717, 1.165) is 17.0 Å². The van der Waals surface area contributed by atoms with E-state index >= 15 is 0 Å². The molecule has 0 saturated carbocycles. The van der Waals surface area contributed by atoms with Crippen LogP contribution in [-0.2, 0) is 19.1 Å². The second-order valence-corrected chi connectivity index (χ2v) is 7.68. The van der Waals surface area contributed by atoms with E-state index in [2.05, 4.69) is 10.3 Å². The lowest BCUT2D eigenvalue weighted by Gasteiger charge is -2.13. The molecule has 2 N–H and O–H groups in total. The maximum Gasteiger partial charge on any atom is 0.414 e. The number of aliphatic hydroxyl groups excluding tert-OH is 1. The second-order valence-electron chi connectivity index (χ2n) is 7.68. The molecule has 2 amide bonds. The van der Waals surface area contributed by atoms with E-state index in [-0.39, 0.29) is 43.0 Å². The Kier molecular flexibility index (Phi) is 8.48. The van der Waals surface area contributed by atoms with Gasteiger partial charge in [-0.2, -0.15) is 0 Å². The fraction of sp³-hybridized carbons (Fsp3) is 0.250. The van der Waals surface area contributed by atoms with Crippen molar-refractivity contribution < 1.29 is 46.5 Å². The van der Waals surface area contributed by atoms with Gasteiger partial charge in [0.2, 0.25) is 5.91 Å². The van der Waals surface area contributed by atoms with Crippen LogP contribution in [0.25, 0.3) is 5.76 Å². The Morgan fingerprint density at radius 2 is 1.86 bits per heavy atom. The lowest BCUT2D eigenvalue weighted by atomic mass is 10.1. The summed E-state index contributed by atoms with van der Waals surface area (Å²) in [4.78, 5) is 40.4. The van der Waals surface area contributed by atoms with Crippen molar-refractivity contribution in [2.75, 3.05) is 24.6 Å². The number of carbonyl (C=O) groups is 3. The van der Waals surface area contributed by atoms with Crippen molar-refractivity contribution in [1.82, 2.24) is 5.32 Å². The number of hydrogen-bond donors (Lipinski definition) is 2. The summed E-state index contributed by atoms with van der Waals surface area (Å²) in [6.07, 6.45) is -0.717. The molecule has 37 heavy (non-hydrogen) atoms. The fourth-order valence-corrected chi connectivity index (χ4v) is 3.27. The lowest BCUT2D eigenvalue weighted by Crippen LogP contribution is -2.33. The van der Waals surface area contributed by atoms with E-state index < -0.39 is 58.3 Å².